The van der Waals surface area contributed by atoms with Crippen molar-refractivity contribution >= 4 is 45.9 Å². The SMILES string of the molecule is CN(C)C(=NC(=S)Sc1ccc(Cl)cc1)N(C)C. The molecule has 1 aromatic carbocycles. The highest BCUT2D eigenvalue weighted by molar-refractivity contribution is 8.23. The molecule has 0 N–H and O–H groups in total. The van der Waals surface area contributed by atoms with Gasteiger partial charge in [-0.05, 0) is 36.5 Å². The highest BCUT2D eigenvalue weighted by atomic mass is 35.5. The van der Waals surface area contributed by atoms with Crippen LogP contribution in [0.2, 0.25) is 5.02 Å². The first-order chi connectivity index (χ1) is 8.40. The van der Waals surface area contributed by atoms with Gasteiger partial charge in [-0.2, -0.15) is 4.99 Å². The Morgan fingerprint density at radius 1 is 1.11 bits per heavy atom. The molecular formula is C12H16ClN3S2. The minimum absolute atomic E-state index is 0.578. The van der Waals surface area contributed by atoms with E-state index in [0.717, 1.165) is 15.9 Å². The molecule has 0 radical (unpaired) electrons. The maximum absolute atomic E-state index is 5.83. The Hall–Kier alpha value is -0.780. The van der Waals surface area contributed by atoms with E-state index in [4.69, 9.17) is 23.8 Å². The predicted octanol–water partition coefficient (Wildman–Crippen LogP) is 3.20. The molecule has 0 spiro atoms. The number of guanidine groups is 1. The number of thioether (sulfide) groups is 1. The summed E-state index contributed by atoms with van der Waals surface area (Å²) < 4.78 is 0.578. The number of thiocarbonyl (C=S) groups is 1. The molecule has 0 unspecified atom stereocenters. The molecule has 0 bridgehead atoms. The van der Waals surface area contributed by atoms with Gasteiger partial charge in [0.2, 0.25) is 5.96 Å². The summed E-state index contributed by atoms with van der Waals surface area (Å²) in [6.07, 6.45) is 0. The van der Waals surface area contributed by atoms with E-state index in [1.54, 1.807) is 0 Å². The number of rotatable bonds is 1. The van der Waals surface area contributed by atoms with Gasteiger partial charge in [-0.3, -0.25) is 0 Å². The van der Waals surface area contributed by atoms with Crippen molar-refractivity contribution in [2.45, 2.75) is 4.90 Å². The Morgan fingerprint density at radius 2 is 1.61 bits per heavy atom. The van der Waals surface area contributed by atoms with Crippen molar-refractivity contribution < 1.29 is 0 Å². The molecule has 18 heavy (non-hydrogen) atoms. The largest absolute Gasteiger partial charge is 0.349 e. The Bertz CT molecular complexity index is 431. The van der Waals surface area contributed by atoms with Crippen molar-refractivity contribution in [2.24, 2.45) is 4.99 Å². The fourth-order valence-corrected chi connectivity index (χ4v) is 2.41. The van der Waals surface area contributed by atoms with E-state index in [-0.39, 0.29) is 0 Å². The third-order valence-corrected chi connectivity index (χ3v) is 3.38. The average Bonchev–Trinajstić information content (AvgIpc) is 2.28. The number of benzene rings is 1. The molecule has 0 aliphatic rings. The third-order valence-electron chi connectivity index (χ3n) is 2.01. The quantitative estimate of drug-likeness (QED) is 0.343. The lowest BCUT2D eigenvalue weighted by molar-refractivity contribution is 0.485. The first-order valence-electron chi connectivity index (χ1n) is 5.31. The first kappa shape index (κ1) is 15.3. The van der Waals surface area contributed by atoms with Crippen LogP contribution in [-0.4, -0.2) is 48.3 Å². The molecule has 98 valence electrons. The zero-order valence-corrected chi connectivity index (χ0v) is 13.2. The summed E-state index contributed by atoms with van der Waals surface area (Å²) in [7, 11) is 7.76. The fourth-order valence-electron chi connectivity index (χ4n) is 1.31. The molecule has 3 nitrogen and oxygen atoms in total. The van der Waals surface area contributed by atoms with E-state index >= 15 is 0 Å². The van der Waals surface area contributed by atoms with Gasteiger partial charge in [-0.25, -0.2) is 0 Å². The minimum atomic E-state index is 0.578. The Morgan fingerprint density at radius 3 is 2.06 bits per heavy atom. The number of nitrogens with zero attached hydrogens (tertiary/aromatic N) is 3. The lowest BCUT2D eigenvalue weighted by atomic mass is 10.4. The van der Waals surface area contributed by atoms with Gasteiger partial charge in [-0.15, -0.1) is 0 Å². The maximum atomic E-state index is 5.83. The second kappa shape index (κ2) is 6.97. The molecule has 0 saturated carbocycles. The Balaban J connectivity index is 2.76. The van der Waals surface area contributed by atoms with Crippen LogP contribution in [0.15, 0.2) is 34.2 Å². The lowest BCUT2D eigenvalue weighted by Gasteiger charge is -2.22. The van der Waals surface area contributed by atoms with Crippen molar-refractivity contribution in [1.29, 1.82) is 0 Å². The minimum Gasteiger partial charge on any atom is -0.349 e. The maximum Gasteiger partial charge on any atom is 0.202 e. The number of hydrogen-bond donors (Lipinski definition) is 0. The van der Waals surface area contributed by atoms with Gasteiger partial charge in [0.1, 0.15) is 0 Å². The van der Waals surface area contributed by atoms with Gasteiger partial charge >= 0.3 is 0 Å². The third kappa shape index (κ3) is 4.84. The first-order valence-corrected chi connectivity index (χ1v) is 6.91. The summed E-state index contributed by atoms with van der Waals surface area (Å²) in [5.41, 5.74) is 0. The molecule has 1 rings (SSSR count). The van der Waals surface area contributed by atoms with Gasteiger partial charge < -0.3 is 9.80 Å². The van der Waals surface area contributed by atoms with Crippen LogP contribution in [0.1, 0.15) is 0 Å². The molecule has 0 aromatic heterocycles. The van der Waals surface area contributed by atoms with Gasteiger partial charge in [0.15, 0.2) is 4.32 Å². The van der Waals surface area contributed by atoms with Crippen LogP contribution in [0.5, 0.6) is 0 Å². The lowest BCUT2D eigenvalue weighted by Crippen LogP contribution is -2.35. The predicted molar refractivity (Wildman–Crippen MR) is 84.7 cm³/mol. The van der Waals surface area contributed by atoms with Crippen molar-refractivity contribution in [1.82, 2.24) is 9.80 Å². The van der Waals surface area contributed by atoms with E-state index in [1.807, 2.05) is 62.3 Å². The normalized spacial score (nSPS) is 9.83. The van der Waals surface area contributed by atoms with Crippen molar-refractivity contribution in [3.05, 3.63) is 29.3 Å². The molecule has 0 atom stereocenters. The van der Waals surface area contributed by atoms with Crippen LogP contribution >= 0.6 is 35.6 Å². The number of aliphatic imine (C=N–C) groups is 1. The highest BCUT2D eigenvalue weighted by Gasteiger charge is 2.07. The fraction of sp³-hybridized carbons (Fsp3) is 0.333. The van der Waals surface area contributed by atoms with Crippen LogP contribution in [0, 0.1) is 0 Å². The van der Waals surface area contributed by atoms with Gasteiger partial charge in [-0.1, -0.05) is 23.4 Å². The topological polar surface area (TPSA) is 18.8 Å². The zero-order chi connectivity index (χ0) is 13.7. The standard InChI is InChI=1S/C12H16ClN3S2/c1-15(2)11(16(3)4)14-12(17)18-10-7-5-9(13)6-8-10/h5-8H,1-4H3. The van der Waals surface area contributed by atoms with E-state index in [0.29, 0.717) is 4.32 Å². The molecule has 0 amide bonds. The summed E-state index contributed by atoms with van der Waals surface area (Å²) in [5, 5.41) is 0.719. The van der Waals surface area contributed by atoms with Crippen molar-refractivity contribution in [2.75, 3.05) is 28.2 Å². The molecule has 0 fully saturated rings. The van der Waals surface area contributed by atoms with E-state index in [1.165, 1.54) is 11.8 Å². The van der Waals surface area contributed by atoms with Gasteiger partial charge in [0, 0.05) is 38.1 Å². The molecule has 6 heteroatoms. The van der Waals surface area contributed by atoms with Crippen LogP contribution in [0.25, 0.3) is 0 Å². The summed E-state index contributed by atoms with van der Waals surface area (Å²) in [6.45, 7) is 0. The second-order valence-corrected chi connectivity index (χ2v) is 6.17. The zero-order valence-electron chi connectivity index (χ0n) is 10.8. The smallest absolute Gasteiger partial charge is 0.202 e. The Labute approximate surface area is 123 Å². The molecule has 1 aromatic rings. The summed E-state index contributed by atoms with van der Waals surface area (Å²) in [6, 6.07) is 7.55. The van der Waals surface area contributed by atoms with Crippen LogP contribution in [0.3, 0.4) is 0 Å². The number of hydrogen-bond acceptors (Lipinski definition) is 2. The van der Waals surface area contributed by atoms with E-state index in [2.05, 4.69) is 4.99 Å². The van der Waals surface area contributed by atoms with E-state index < -0.39 is 0 Å². The Kier molecular flexibility index (Phi) is 5.91. The monoisotopic (exact) mass is 301 g/mol. The van der Waals surface area contributed by atoms with Crippen molar-refractivity contribution in [3.8, 4) is 0 Å². The van der Waals surface area contributed by atoms with Gasteiger partial charge in [0.25, 0.3) is 0 Å². The van der Waals surface area contributed by atoms with Crippen LogP contribution in [0.4, 0.5) is 0 Å². The summed E-state index contributed by atoms with van der Waals surface area (Å²) in [4.78, 5) is 9.31. The molecule has 0 aliphatic carbocycles. The molecular weight excluding hydrogens is 286 g/mol. The van der Waals surface area contributed by atoms with Crippen molar-refractivity contribution in [3.63, 3.8) is 0 Å². The molecule has 0 heterocycles. The average molecular weight is 302 g/mol. The van der Waals surface area contributed by atoms with Gasteiger partial charge in [0.05, 0.1) is 0 Å². The highest BCUT2D eigenvalue weighted by Crippen LogP contribution is 2.22. The van der Waals surface area contributed by atoms with E-state index in [9.17, 15) is 0 Å². The summed E-state index contributed by atoms with van der Waals surface area (Å²) in [5.74, 6) is 0.821. The van der Waals surface area contributed by atoms with Crippen LogP contribution < -0.4 is 0 Å². The molecule has 0 saturated heterocycles. The molecule has 0 aliphatic heterocycles. The second-order valence-electron chi connectivity index (χ2n) is 4.02. The number of halogens is 1. The summed E-state index contributed by atoms with van der Waals surface area (Å²) >= 11 is 12.6. The van der Waals surface area contributed by atoms with Crippen LogP contribution in [-0.2, 0) is 0 Å².